The highest BCUT2D eigenvalue weighted by atomic mass is 16.7. The maximum atomic E-state index is 11.8. The van der Waals surface area contributed by atoms with Gasteiger partial charge in [-0.25, -0.2) is 0 Å². The first-order valence-corrected chi connectivity index (χ1v) is 10.8. The van der Waals surface area contributed by atoms with Crippen LogP contribution in [0.4, 0.5) is 0 Å². The van der Waals surface area contributed by atoms with Gasteiger partial charge in [0.05, 0.1) is 31.0 Å². The van der Waals surface area contributed by atoms with Crippen molar-refractivity contribution in [3.05, 3.63) is 47.6 Å². The molecule has 31 heavy (non-hydrogen) atoms. The van der Waals surface area contributed by atoms with Crippen molar-refractivity contribution in [2.24, 2.45) is 5.92 Å². The van der Waals surface area contributed by atoms with Crippen LogP contribution in [0.25, 0.3) is 0 Å². The fraction of sp³-hybridized carbons (Fsp3) is 0.640. The number of rotatable bonds is 9. The monoisotopic (exact) mass is 436 g/mol. The lowest BCUT2D eigenvalue weighted by Crippen LogP contribution is -2.39. The van der Waals surface area contributed by atoms with Gasteiger partial charge in [-0.15, -0.1) is 13.2 Å². The minimum Gasteiger partial charge on any atom is -0.392 e. The molecule has 0 spiro atoms. The van der Waals surface area contributed by atoms with Crippen LogP contribution in [0.3, 0.4) is 0 Å². The third-order valence-electron chi connectivity index (χ3n) is 5.43. The fourth-order valence-electron chi connectivity index (χ4n) is 3.24. The lowest BCUT2D eigenvalue weighted by atomic mass is 9.80. The van der Waals surface area contributed by atoms with Crippen LogP contribution in [-0.2, 0) is 14.3 Å². The Labute approximate surface area is 187 Å². The first kappa shape index (κ1) is 27.5. The summed E-state index contributed by atoms with van der Waals surface area (Å²) in [5, 5.41) is 28.2. The van der Waals surface area contributed by atoms with E-state index < -0.39 is 18.0 Å². The Bertz CT molecular complexity index is 697. The number of Topliss-reactive ketones (excluding diaryl/α,β-unsaturated/α-hetero) is 1. The summed E-state index contributed by atoms with van der Waals surface area (Å²) in [4.78, 5) is 11.8. The molecule has 2 rings (SSSR count). The summed E-state index contributed by atoms with van der Waals surface area (Å²) >= 11 is 0. The second kappa shape index (κ2) is 12.5. The molecule has 4 atom stereocenters. The van der Waals surface area contributed by atoms with Crippen molar-refractivity contribution in [1.29, 1.82) is 0 Å². The van der Waals surface area contributed by atoms with E-state index in [0.29, 0.717) is 19.4 Å². The lowest BCUT2D eigenvalue weighted by molar-refractivity contribution is -0.153. The van der Waals surface area contributed by atoms with Crippen LogP contribution >= 0.6 is 0 Å². The molecule has 0 aromatic carbocycles. The summed E-state index contributed by atoms with van der Waals surface area (Å²) < 4.78 is 11.5. The van der Waals surface area contributed by atoms with Crippen LogP contribution in [0.15, 0.2) is 47.6 Å². The number of ketones is 1. The normalized spacial score (nSPS) is 24.3. The van der Waals surface area contributed by atoms with E-state index in [0.717, 1.165) is 35.1 Å². The van der Waals surface area contributed by atoms with E-state index in [4.69, 9.17) is 9.47 Å². The molecule has 176 valence electrons. The molecule has 4 unspecified atom stereocenters. The van der Waals surface area contributed by atoms with E-state index >= 15 is 0 Å². The third-order valence-corrected chi connectivity index (χ3v) is 5.43. The van der Waals surface area contributed by atoms with Crippen LogP contribution in [-0.4, -0.2) is 58.4 Å². The van der Waals surface area contributed by atoms with Crippen LogP contribution in [0.5, 0.6) is 0 Å². The summed E-state index contributed by atoms with van der Waals surface area (Å²) in [6.07, 6.45) is 4.87. The minimum absolute atomic E-state index is 0.0582. The molecule has 0 saturated carbocycles. The Balaban J connectivity index is 0.000000373. The van der Waals surface area contributed by atoms with Gasteiger partial charge in [-0.2, -0.15) is 0 Å². The molecule has 1 aliphatic heterocycles. The van der Waals surface area contributed by atoms with Crippen molar-refractivity contribution in [3.8, 4) is 0 Å². The van der Waals surface area contributed by atoms with Gasteiger partial charge in [0.1, 0.15) is 0 Å². The smallest absolute Gasteiger partial charge is 0.177 e. The van der Waals surface area contributed by atoms with Crippen molar-refractivity contribution in [2.45, 2.75) is 84.4 Å². The number of hydrogen-bond donors (Lipinski definition) is 3. The highest BCUT2D eigenvalue weighted by Gasteiger charge is 2.36. The molecule has 0 aromatic heterocycles. The minimum atomic E-state index is -0.991. The molecule has 3 N–H and O–H groups in total. The third kappa shape index (κ3) is 9.62. The Morgan fingerprint density at radius 2 is 1.87 bits per heavy atom. The van der Waals surface area contributed by atoms with Crippen LogP contribution in [0.2, 0.25) is 0 Å². The van der Waals surface area contributed by atoms with Gasteiger partial charge in [-0.1, -0.05) is 11.1 Å². The highest BCUT2D eigenvalue weighted by molar-refractivity contribution is 5.96. The molecule has 0 aromatic rings. The molecule has 1 aliphatic carbocycles. The molecule has 0 fully saturated rings. The van der Waals surface area contributed by atoms with Gasteiger partial charge < -0.3 is 24.8 Å². The second-order valence-corrected chi connectivity index (χ2v) is 9.20. The zero-order valence-electron chi connectivity index (χ0n) is 19.7. The molecule has 2 aliphatic rings. The summed E-state index contributed by atoms with van der Waals surface area (Å²) in [5.74, 6) is 0.0630. The topological polar surface area (TPSA) is 96.2 Å². The number of hydrogen-bond acceptors (Lipinski definition) is 6. The van der Waals surface area contributed by atoms with Crippen molar-refractivity contribution in [1.82, 2.24) is 0 Å². The lowest BCUT2D eigenvalue weighted by Gasteiger charge is -2.36. The zero-order valence-corrected chi connectivity index (χ0v) is 19.7. The predicted octanol–water partition coefficient (Wildman–Crippen LogP) is 3.62. The van der Waals surface area contributed by atoms with Crippen LogP contribution < -0.4 is 0 Å². The first-order valence-electron chi connectivity index (χ1n) is 10.8. The molecule has 6 nitrogen and oxygen atoms in total. The van der Waals surface area contributed by atoms with Gasteiger partial charge in [0, 0.05) is 12.3 Å². The van der Waals surface area contributed by atoms with Crippen molar-refractivity contribution in [3.63, 3.8) is 0 Å². The summed E-state index contributed by atoms with van der Waals surface area (Å²) in [7, 11) is 0. The predicted molar refractivity (Wildman–Crippen MR) is 122 cm³/mol. The van der Waals surface area contributed by atoms with E-state index in [1.54, 1.807) is 26.8 Å². The zero-order chi connectivity index (χ0) is 23.8. The molecule has 0 radical (unpaired) electrons. The number of carbonyl (C=O) groups is 1. The Morgan fingerprint density at radius 3 is 2.39 bits per heavy atom. The van der Waals surface area contributed by atoms with E-state index in [9.17, 15) is 20.1 Å². The first-order chi connectivity index (χ1) is 14.3. The molecule has 0 bridgehead atoms. The number of allylic oxidation sites excluding steroid dienone is 2. The van der Waals surface area contributed by atoms with Crippen LogP contribution in [0, 0.1) is 5.92 Å². The quantitative estimate of drug-likeness (QED) is 0.478. The van der Waals surface area contributed by atoms with Gasteiger partial charge >= 0.3 is 0 Å². The molecular weight excluding hydrogens is 396 g/mol. The van der Waals surface area contributed by atoms with E-state index in [2.05, 4.69) is 13.2 Å². The van der Waals surface area contributed by atoms with Crippen molar-refractivity contribution in [2.75, 3.05) is 13.2 Å². The molecule has 6 heteroatoms. The number of fused-ring (bicyclic) bond motifs is 1. The molecule has 0 amide bonds. The van der Waals surface area contributed by atoms with Gasteiger partial charge in [0.25, 0.3) is 0 Å². The van der Waals surface area contributed by atoms with Crippen LogP contribution in [0.1, 0.15) is 60.3 Å². The number of aliphatic hydroxyl groups excluding tert-OH is 2. The maximum absolute atomic E-state index is 11.8. The molecule has 0 saturated heterocycles. The van der Waals surface area contributed by atoms with Gasteiger partial charge in [-0.05, 0) is 77.2 Å². The Hall–Kier alpha value is -1.57. The highest BCUT2D eigenvalue weighted by Crippen LogP contribution is 2.34. The summed E-state index contributed by atoms with van der Waals surface area (Å²) in [6.45, 7) is 16.9. The van der Waals surface area contributed by atoms with E-state index in [1.807, 2.05) is 19.9 Å². The SMILES string of the molecule is C=C(C)CCC(O)C(C)(C)O.C=C(C)CCOC1C=C(CO)C2CC(=O)C(C)=CC2O1. The number of ether oxygens (including phenoxy) is 2. The van der Waals surface area contributed by atoms with Crippen molar-refractivity contribution < 1.29 is 29.6 Å². The Kier molecular flexibility index (Phi) is 11.0. The second-order valence-electron chi connectivity index (χ2n) is 9.20. The van der Waals surface area contributed by atoms with Gasteiger partial charge in [-0.3, -0.25) is 4.79 Å². The standard InChI is InChI=1S/C16H22O4.C9H18O2/c1-10(2)4-5-19-16-7-12(9-17)13-8-14(18)11(3)6-15(13)20-16;1-7(2)5-6-8(10)9(3,4)11/h6-7,13,15-17H,1,4-5,8-9H2,2-3H3;8,10-11H,1,5-6H2,2-4H3. The molecular formula is C25H40O6. The Morgan fingerprint density at radius 1 is 1.26 bits per heavy atom. The van der Waals surface area contributed by atoms with Crippen molar-refractivity contribution >= 4 is 5.78 Å². The summed E-state index contributed by atoms with van der Waals surface area (Å²) in [6, 6.07) is 0. The largest absolute Gasteiger partial charge is 0.392 e. The average molecular weight is 437 g/mol. The van der Waals surface area contributed by atoms with E-state index in [1.165, 1.54) is 0 Å². The fourth-order valence-corrected chi connectivity index (χ4v) is 3.24. The van der Waals surface area contributed by atoms with Gasteiger partial charge in [0.2, 0.25) is 0 Å². The van der Waals surface area contributed by atoms with E-state index in [-0.39, 0.29) is 24.4 Å². The van der Waals surface area contributed by atoms with Gasteiger partial charge in [0.15, 0.2) is 12.1 Å². The maximum Gasteiger partial charge on any atom is 0.177 e. The average Bonchev–Trinajstić information content (AvgIpc) is 2.66. The number of carbonyl (C=O) groups excluding carboxylic acids is 1. The summed E-state index contributed by atoms with van der Waals surface area (Å²) in [5.41, 5.74) is 2.66. The number of aliphatic hydroxyl groups is 3. The molecule has 1 heterocycles.